The molecule has 1 saturated heterocycles. The molecule has 7 heteroatoms. The largest absolute Gasteiger partial charge is 0.459 e. The van der Waals surface area contributed by atoms with Gasteiger partial charge in [-0.15, -0.1) is 0 Å². The molecule has 3 aromatic heterocycles. The summed E-state index contributed by atoms with van der Waals surface area (Å²) >= 11 is 0. The van der Waals surface area contributed by atoms with E-state index in [1.54, 1.807) is 12.1 Å². The number of carbonyl (C=O) groups is 1. The Kier molecular flexibility index (Phi) is 4.01. The highest BCUT2D eigenvalue weighted by Gasteiger charge is 2.24. The number of hydrogen-bond acceptors (Lipinski definition) is 5. The van der Waals surface area contributed by atoms with Crippen molar-refractivity contribution in [2.24, 2.45) is 0 Å². The van der Waals surface area contributed by atoms with Crippen LogP contribution in [0.25, 0.3) is 5.78 Å². The smallest absolute Gasteiger partial charge is 0.289 e. The van der Waals surface area contributed by atoms with E-state index in [2.05, 4.69) is 34.1 Å². The van der Waals surface area contributed by atoms with Gasteiger partial charge in [0, 0.05) is 50.3 Å². The van der Waals surface area contributed by atoms with Gasteiger partial charge in [0.2, 0.25) is 5.78 Å². The SMILES string of the molecule is Cc1cc(C)n2cc(CN3CCN(C(=O)c4ccco4)CC3)nc2n1. The van der Waals surface area contributed by atoms with Crippen molar-refractivity contribution in [3.63, 3.8) is 0 Å². The number of fused-ring (bicyclic) bond motifs is 1. The maximum absolute atomic E-state index is 12.3. The van der Waals surface area contributed by atoms with Gasteiger partial charge in [-0.3, -0.25) is 14.1 Å². The van der Waals surface area contributed by atoms with E-state index >= 15 is 0 Å². The number of imidazole rings is 1. The Labute approximate surface area is 145 Å². The molecular weight excluding hydrogens is 318 g/mol. The Balaban J connectivity index is 1.40. The molecule has 1 aliphatic heterocycles. The molecule has 0 bridgehead atoms. The van der Waals surface area contributed by atoms with E-state index in [4.69, 9.17) is 4.42 Å². The lowest BCUT2D eigenvalue weighted by Crippen LogP contribution is -2.48. The fourth-order valence-electron chi connectivity index (χ4n) is 3.29. The Morgan fingerprint density at radius 2 is 2.00 bits per heavy atom. The maximum Gasteiger partial charge on any atom is 0.289 e. The first-order valence-corrected chi connectivity index (χ1v) is 8.47. The fraction of sp³-hybridized carbons (Fsp3) is 0.389. The Morgan fingerprint density at radius 1 is 1.20 bits per heavy atom. The number of amides is 1. The number of piperazine rings is 1. The molecule has 4 rings (SSSR count). The number of furan rings is 1. The van der Waals surface area contributed by atoms with Crippen LogP contribution in [0.5, 0.6) is 0 Å². The molecule has 1 amide bonds. The molecule has 7 nitrogen and oxygen atoms in total. The Morgan fingerprint density at radius 3 is 2.72 bits per heavy atom. The van der Waals surface area contributed by atoms with Crippen molar-refractivity contribution < 1.29 is 9.21 Å². The zero-order valence-corrected chi connectivity index (χ0v) is 14.5. The lowest BCUT2D eigenvalue weighted by Gasteiger charge is -2.33. The van der Waals surface area contributed by atoms with Gasteiger partial charge in [0.1, 0.15) is 0 Å². The monoisotopic (exact) mass is 339 g/mol. The van der Waals surface area contributed by atoms with Crippen molar-refractivity contribution >= 4 is 11.7 Å². The summed E-state index contributed by atoms with van der Waals surface area (Å²) in [6.07, 6.45) is 3.59. The summed E-state index contributed by atoms with van der Waals surface area (Å²) in [5.74, 6) is 1.12. The number of nitrogens with zero attached hydrogens (tertiary/aromatic N) is 5. The molecule has 0 radical (unpaired) electrons. The first-order valence-electron chi connectivity index (χ1n) is 8.47. The molecule has 4 heterocycles. The quantitative estimate of drug-likeness (QED) is 0.729. The van der Waals surface area contributed by atoms with Crippen LogP contribution in [0.4, 0.5) is 0 Å². The Hall–Kier alpha value is -2.67. The molecule has 3 aromatic rings. The molecule has 130 valence electrons. The summed E-state index contributed by atoms with van der Waals surface area (Å²) in [4.78, 5) is 25.6. The summed E-state index contributed by atoms with van der Waals surface area (Å²) in [7, 11) is 0. The third-order valence-electron chi connectivity index (χ3n) is 4.59. The van der Waals surface area contributed by atoms with Gasteiger partial charge in [-0.05, 0) is 32.0 Å². The van der Waals surface area contributed by atoms with Crippen LogP contribution in [0.2, 0.25) is 0 Å². The standard InChI is InChI=1S/C18H21N5O2/c1-13-10-14(2)23-12-15(20-18(23)19-13)11-21-5-7-22(8-6-21)17(24)16-4-3-9-25-16/h3-4,9-10,12H,5-8,11H2,1-2H3. The third-order valence-corrected chi connectivity index (χ3v) is 4.59. The molecule has 0 unspecified atom stereocenters. The van der Waals surface area contributed by atoms with Gasteiger partial charge in [0.25, 0.3) is 5.91 Å². The molecule has 0 N–H and O–H groups in total. The average molecular weight is 339 g/mol. The van der Waals surface area contributed by atoms with Crippen molar-refractivity contribution in [2.75, 3.05) is 26.2 Å². The highest BCUT2D eigenvalue weighted by molar-refractivity contribution is 5.91. The van der Waals surface area contributed by atoms with E-state index in [9.17, 15) is 4.79 Å². The van der Waals surface area contributed by atoms with Gasteiger partial charge in [-0.1, -0.05) is 0 Å². The number of aromatic nitrogens is 3. The second kappa shape index (κ2) is 6.33. The van der Waals surface area contributed by atoms with E-state index < -0.39 is 0 Å². The lowest BCUT2D eigenvalue weighted by atomic mass is 10.2. The number of aryl methyl sites for hydroxylation is 2. The van der Waals surface area contributed by atoms with Crippen molar-refractivity contribution in [3.05, 3.63) is 53.5 Å². The second-order valence-electron chi connectivity index (χ2n) is 6.49. The van der Waals surface area contributed by atoms with Gasteiger partial charge in [0.15, 0.2) is 5.76 Å². The summed E-state index contributed by atoms with van der Waals surface area (Å²) in [6.45, 7) is 7.86. The van der Waals surface area contributed by atoms with E-state index in [1.807, 2.05) is 16.2 Å². The second-order valence-corrected chi connectivity index (χ2v) is 6.49. The summed E-state index contributed by atoms with van der Waals surface area (Å²) in [5, 5.41) is 0. The molecule has 1 fully saturated rings. The van der Waals surface area contributed by atoms with E-state index in [1.165, 1.54) is 6.26 Å². The van der Waals surface area contributed by atoms with Crippen molar-refractivity contribution in [3.8, 4) is 0 Å². The minimum absolute atomic E-state index is 0.0346. The molecule has 0 aromatic carbocycles. The molecule has 1 aliphatic rings. The van der Waals surface area contributed by atoms with Crippen LogP contribution in [0.1, 0.15) is 27.6 Å². The maximum atomic E-state index is 12.3. The minimum atomic E-state index is -0.0346. The van der Waals surface area contributed by atoms with Crippen LogP contribution in [-0.2, 0) is 6.54 Å². The van der Waals surface area contributed by atoms with Gasteiger partial charge in [-0.25, -0.2) is 9.97 Å². The van der Waals surface area contributed by atoms with Crippen LogP contribution >= 0.6 is 0 Å². The van der Waals surface area contributed by atoms with Crippen LogP contribution in [0.3, 0.4) is 0 Å². The highest BCUT2D eigenvalue weighted by Crippen LogP contribution is 2.13. The number of carbonyl (C=O) groups excluding carboxylic acids is 1. The minimum Gasteiger partial charge on any atom is -0.459 e. The van der Waals surface area contributed by atoms with E-state index in [0.29, 0.717) is 18.8 Å². The highest BCUT2D eigenvalue weighted by atomic mass is 16.3. The molecule has 25 heavy (non-hydrogen) atoms. The van der Waals surface area contributed by atoms with Gasteiger partial charge >= 0.3 is 0 Å². The number of hydrogen-bond donors (Lipinski definition) is 0. The third kappa shape index (κ3) is 3.15. The molecule has 0 spiro atoms. The zero-order chi connectivity index (χ0) is 17.4. The van der Waals surface area contributed by atoms with Gasteiger partial charge in [-0.2, -0.15) is 0 Å². The van der Waals surface area contributed by atoms with Crippen LogP contribution in [0.15, 0.2) is 35.1 Å². The normalized spacial score (nSPS) is 15.8. The fourth-order valence-corrected chi connectivity index (χ4v) is 3.29. The lowest BCUT2D eigenvalue weighted by molar-refractivity contribution is 0.0596. The number of rotatable bonds is 3. The zero-order valence-electron chi connectivity index (χ0n) is 14.5. The summed E-state index contributed by atoms with van der Waals surface area (Å²) < 4.78 is 7.23. The van der Waals surface area contributed by atoms with Crippen molar-refractivity contribution in [2.45, 2.75) is 20.4 Å². The van der Waals surface area contributed by atoms with E-state index in [-0.39, 0.29) is 5.91 Å². The topological polar surface area (TPSA) is 66.9 Å². The first kappa shape index (κ1) is 15.8. The predicted molar refractivity (Wildman–Crippen MR) is 92.3 cm³/mol. The molecule has 0 atom stereocenters. The van der Waals surface area contributed by atoms with Crippen LogP contribution in [0, 0.1) is 13.8 Å². The van der Waals surface area contributed by atoms with Crippen LogP contribution < -0.4 is 0 Å². The van der Waals surface area contributed by atoms with Gasteiger partial charge < -0.3 is 9.32 Å². The molecule has 0 saturated carbocycles. The summed E-state index contributed by atoms with van der Waals surface area (Å²) in [6, 6.07) is 5.50. The van der Waals surface area contributed by atoms with Crippen molar-refractivity contribution in [1.29, 1.82) is 0 Å². The van der Waals surface area contributed by atoms with Gasteiger partial charge in [0.05, 0.1) is 12.0 Å². The van der Waals surface area contributed by atoms with E-state index in [0.717, 1.165) is 42.5 Å². The average Bonchev–Trinajstić information content (AvgIpc) is 3.24. The molecule has 0 aliphatic carbocycles. The van der Waals surface area contributed by atoms with Crippen LogP contribution in [-0.4, -0.2) is 56.3 Å². The summed E-state index contributed by atoms with van der Waals surface area (Å²) in [5.41, 5.74) is 3.12. The first-order chi connectivity index (χ1) is 12.1. The van der Waals surface area contributed by atoms with Crippen molar-refractivity contribution in [1.82, 2.24) is 24.2 Å². The Bertz CT molecular complexity index is 892. The predicted octanol–water partition coefficient (Wildman–Crippen LogP) is 1.90. The molecular formula is C18H21N5O2.